The predicted octanol–water partition coefficient (Wildman–Crippen LogP) is 5.79. The fourth-order valence-corrected chi connectivity index (χ4v) is 4.52. The second-order valence-electron chi connectivity index (χ2n) is 7.36. The lowest BCUT2D eigenvalue weighted by Crippen LogP contribution is -2.12. The third-order valence-electron chi connectivity index (χ3n) is 5.25. The summed E-state index contributed by atoms with van der Waals surface area (Å²) in [7, 11) is 0. The van der Waals surface area contributed by atoms with Crippen LogP contribution < -0.4 is 4.74 Å². The fourth-order valence-electron chi connectivity index (χ4n) is 3.75. The van der Waals surface area contributed by atoms with E-state index in [0.29, 0.717) is 12.5 Å². The molecule has 0 spiro atoms. The predicted molar refractivity (Wildman–Crippen MR) is 115 cm³/mol. The maximum Gasteiger partial charge on any atom is 0.195 e. The van der Waals surface area contributed by atoms with Crippen LogP contribution in [0.25, 0.3) is 5.69 Å². The quantitative estimate of drug-likeness (QED) is 0.376. The maximum atomic E-state index is 5.87. The number of rotatable bonds is 7. The van der Waals surface area contributed by atoms with Crippen molar-refractivity contribution in [2.24, 2.45) is 0 Å². The first-order valence-corrected chi connectivity index (χ1v) is 11.1. The summed E-state index contributed by atoms with van der Waals surface area (Å²) < 4.78 is 8.13. The van der Waals surface area contributed by atoms with Crippen molar-refractivity contribution in [2.75, 3.05) is 12.4 Å². The van der Waals surface area contributed by atoms with E-state index in [0.717, 1.165) is 28.2 Å². The Balaban J connectivity index is 1.46. The van der Waals surface area contributed by atoms with E-state index in [9.17, 15) is 0 Å². The molecule has 0 bridgehead atoms. The lowest BCUT2D eigenvalue weighted by Gasteiger charge is -2.22. The summed E-state index contributed by atoms with van der Waals surface area (Å²) >= 11 is 1.71. The Morgan fingerprint density at radius 3 is 2.46 bits per heavy atom. The number of aromatic nitrogens is 3. The van der Waals surface area contributed by atoms with Crippen LogP contribution in [0.15, 0.2) is 59.8 Å². The SMILES string of the molecule is Cc1ccc(OCCSc2nnc(C3CCCCC3)n2-c2ccccc2)cc1. The van der Waals surface area contributed by atoms with Gasteiger partial charge in [-0.15, -0.1) is 10.2 Å². The molecule has 146 valence electrons. The topological polar surface area (TPSA) is 39.9 Å². The highest BCUT2D eigenvalue weighted by atomic mass is 32.2. The zero-order chi connectivity index (χ0) is 19.2. The van der Waals surface area contributed by atoms with E-state index in [4.69, 9.17) is 4.74 Å². The number of benzene rings is 2. The molecule has 0 saturated heterocycles. The summed E-state index contributed by atoms with van der Waals surface area (Å²) in [6.45, 7) is 2.73. The zero-order valence-electron chi connectivity index (χ0n) is 16.4. The number of thioether (sulfide) groups is 1. The molecule has 1 aliphatic rings. The average Bonchev–Trinajstić information content (AvgIpc) is 3.18. The lowest BCUT2D eigenvalue weighted by atomic mass is 9.88. The van der Waals surface area contributed by atoms with Crippen LogP contribution in [0.3, 0.4) is 0 Å². The van der Waals surface area contributed by atoms with Crippen molar-refractivity contribution in [1.82, 2.24) is 14.8 Å². The summed E-state index contributed by atoms with van der Waals surface area (Å²) in [5.41, 5.74) is 2.39. The Morgan fingerprint density at radius 2 is 1.71 bits per heavy atom. The van der Waals surface area contributed by atoms with Gasteiger partial charge in [0.05, 0.1) is 6.61 Å². The van der Waals surface area contributed by atoms with Gasteiger partial charge in [-0.25, -0.2) is 0 Å². The lowest BCUT2D eigenvalue weighted by molar-refractivity contribution is 0.344. The molecule has 2 aromatic carbocycles. The van der Waals surface area contributed by atoms with Crippen LogP contribution in [-0.2, 0) is 0 Å². The molecule has 1 heterocycles. The monoisotopic (exact) mass is 393 g/mol. The van der Waals surface area contributed by atoms with Crippen LogP contribution in [0, 0.1) is 6.92 Å². The molecular formula is C23H27N3OS. The number of hydrogen-bond acceptors (Lipinski definition) is 4. The normalized spacial score (nSPS) is 14.9. The Kier molecular flexibility index (Phi) is 6.32. The second kappa shape index (κ2) is 9.28. The van der Waals surface area contributed by atoms with Crippen molar-refractivity contribution < 1.29 is 4.74 Å². The molecule has 1 fully saturated rings. The van der Waals surface area contributed by atoms with E-state index >= 15 is 0 Å². The minimum absolute atomic E-state index is 0.514. The van der Waals surface area contributed by atoms with Gasteiger partial charge in [-0.2, -0.15) is 0 Å². The van der Waals surface area contributed by atoms with Crippen molar-refractivity contribution in [3.63, 3.8) is 0 Å². The van der Waals surface area contributed by atoms with Crippen LogP contribution in [0.5, 0.6) is 5.75 Å². The Hall–Kier alpha value is -2.27. The third kappa shape index (κ3) is 4.58. The van der Waals surface area contributed by atoms with E-state index in [1.165, 1.54) is 37.7 Å². The van der Waals surface area contributed by atoms with Gasteiger partial charge >= 0.3 is 0 Å². The van der Waals surface area contributed by atoms with Crippen LogP contribution in [0.4, 0.5) is 0 Å². The summed E-state index contributed by atoms with van der Waals surface area (Å²) in [6, 6.07) is 18.7. The zero-order valence-corrected chi connectivity index (χ0v) is 17.2. The van der Waals surface area contributed by atoms with Gasteiger partial charge in [0.1, 0.15) is 11.6 Å². The van der Waals surface area contributed by atoms with E-state index in [2.05, 4.69) is 64.2 Å². The smallest absolute Gasteiger partial charge is 0.195 e. The van der Waals surface area contributed by atoms with E-state index < -0.39 is 0 Å². The largest absolute Gasteiger partial charge is 0.493 e. The molecule has 0 radical (unpaired) electrons. The molecule has 1 aliphatic carbocycles. The van der Waals surface area contributed by atoms with Crippen molar-refractivity contribution in [2.45, 2.75) is 50.1 Å². The molecule has 0 amide bonds. The van der Waals surface area contributed by atoms with Gasteiger partial charge in [-0.3, -0.25) is 4.57 Å². The van der Waals surface area contributed by atoms with Crippen LogP contribution in [0.1, 0.15) is 49.4 Å². The summed E-state index contributed by atoms with van der Waals surface area (Å²) in [5, 5.41) is 10.1. The van der Waals surface area contributed by atoms with Gasteiger partial charge in [-0.1, -0.05) is 66.9 Å². The number of aryl methyl sites for hydroxylation is 1. The molecule has 0 aliphatic heterocycles. The van der Waals surface area contributed by atoms with Gasteiger partial charge in [0.2, 0.25) is 0 Å². The molecule has 4 nitrogen and oxygen atoms in total. The van der Waals surface area contributed by atoms with Gasteiger partial charge in [0.25, 0.3) is 0 Å². The highest BCUT2D eigenvalue weighted by molar-refractivity contribution is 7.99. The second-order valence-corrected chi connectivity index (χ2v) is 8.42. The average molecular weight is 394 g/mol. The van der Waals surface area contributed by atoms with Crippen LogP contribution >= 0.6 is 11.8 Å². The van der Waals surface area contributed by atoms with E-state index in [-0.39, 0.29) is 0 Å². The highest BCUT2D eigenvalue weighted by Crippen LogP contribution is 2.34. The molecule has 5 heteroatoms. The van der Waals surface area contributed by atoms with Crippen molar-refractivity contribution in [3.8, 4) is 11.4 Å². The van der Waals surface area contributed by atoms with Gasteiger partial charge < -0.3 is 4.74 Å². The Labute approximate surface area is 171 Å². The molecule has 4 rings (SSSR count). The van der Waals surface area contributed by atoms with Gasteiger partial charge in [-0.05, 0) is 44.0 Å². The minimum Gasteiger partial charge on any atom is -0.493 e. The summed E-state index contributed by atoms with van der Waals surface area (Å²) in [6.07, 6.45) is 6.35. The van der Waals surface area contributed by atoms with Gasteiger partial charge in [0, 0.05) is 17.4 Å². The standard InChI is InChI=1S/C23H27N3OS/c1-18-12-14-21(15-13-18)27-16-17-28-23-25-24-22(19-8-4-2-5-9-19)26(23)20-10-6-3-7-11-20/h3,6-7,10-15,19H,2,4-5,8-9,16-17H2,1H3. The van der Waals surface area contributed by atoms with Crippen molar-refractivity contribution >= 4 is 11.8 Å². The number of ether oxygens (including phenoxy) is 1. The molecule has 28 heavy (non-hydrogen) atoms. The third-order valence-corrected chi connectivity index (χ3v) is 6.14. The van der Waals surface area contributed by atoms with Crippen molar-refractivity contribution in [1.29, 1.82) is 0 Å². The van der Waals surface area contributed by atoms with Crippen LogP contribution in [-0.4, -0.2) is 27.1 Å². The Bertz CT molecular complexity index is 871. The molecule has 1 saturated carbocycles. The highest BCUT2D eigenvalue weighted by Gasteiger charge is 2.24. The first-order chi connectivity index (χ1) is 13.8. The molecule has 3 aromatic rings. The summed E-state index contributed by atoms with van der Waals surface area (Å²) in [5.74, 6) is 3.38. The summed E-state index contributed by atoms with van der Waals surface area (Å²) in [4.78, 5) is 0. The molecular weight excluding hydrogens is 366 g/mol. The van der Waals surface area contributed by atoms with E-state index in [1.54, 1.807) is 11.8 Å². The minimum atomic E-state index is 0.514. The van der Waals surface area contributed by atoms with Crippen LogP contribution in [0.2, 0.25) is 0 Å². The molecule has 1 aromatic heterocycles. The molecule has 0 atom stereocenters. The van der Waals surface area contributed by atoms with E-state index in [1.807, 2.05) is 12.1 Å². The molecule has 0 N–H and O–H groups in total. The first-order valence-electron chi connectivity index (χ1n) is 10.1. The Morgan fingerprint density at radius 1 is 0.964 bits per heavy atom. The number of para-hydroxylation sites is 1. The van der Waals surface area contributed by atoms with Gasteiger partial charge in [0.15, 0.2) is 5.16 Å². The van der Waals surface area contributed by atoms with Crippen molar-refractivity contribution in [3.05, 3.63) is 66.0 Å². The first kappa shape index (κ1) is 19.1. The molecule has 0 unspecified atom stereocenters. The maximum absolute atomic E-state index is 5.87. The fraction of sp³-hybridized carbons (Fsp3) is 0.391. The number of hydrogen-bond donors (Lipinski definition) is 0. The number of nitrogens with zero attached hydrogens (tertiary/aromatic N) is 3.